The molecule has 0 unspecified atom stereocenters. The molecule has 0 fully saturated rings. The molecule has 0 radical (unpaired) electrons. The summed E-state index contributed by atoms with van der Waals surface area (Å²) in [7, 11) is -3.67. The molecule has 0 bridgehead atoms. The minimum absolute atomic E-state index is 0.215. The predicted molar refractivity (Wildman–Crippen MR) is 61.4 cm³/mol. The summed E-state index contributed by atoms with van der Waals surface area (Å²) in [5, 5.41) is 8.97. The number of sulfonamides is 1. The number of primary sulfonamides is 1. The van der Waals surface area contributed by atoms with Crippen LogP contribution in [0.1, 0.15) is 0 Å². The first-order valence-electron chi connectivity index (χ1n) is 4.78. The summed E-state index contributed by atoms with van der Waals surface area (Å²) < 4.78 is 46.8. The van der Waals surface area contributed by atoms with Gasteiger partial charge in [-0.1, -0.05) is 0 Å². The van der Waals surface area contributed by atoms with Crippen molar-refractivity contribution in [1.82, 2.24) is 5.32 Å². The van der Waals surface area contributed by atoms with E-state index < -0.39 is 33.4 Å². The normalized spacial score (nSPS) is 11.1. The van der Waals surface area contributed by atoms with Gasteiger partial charge in [-0.2, -0.15) is 0 Å². The Hall–Kier alpha value is -1.74. The fourth-order valence-electron chi connectivity index (χ4n) is 1.06. The van der Waals surface area contributed by atoms with Crippen LogP contribution in [0.4, 0.5) is 19.3 Å². The summed E-state index contributed by atoms with van der Waals surface area (Å²) in [5.74, 6) is -2.14. The van der Waals surface area contributed by atoms with E-state index in [1.807, 2.05) is 0 Å². The molecule has 1 aromatic carbocycles. The number of hydrogen-bond donors (Lipinski definition) is 3. The summed E-state index contributed by atoms with van der Waals surface area (Å²) in [6.45, 7) is -0.215. The summed E-state index contributed by atoms with van der Waals surface area (Å²) >= 11 is 0. The third-order valence-electron chi connectivity index (χ3n) is 1.85. The lowest BCUT2D eigenvalue weighted by atomic mass is 10.3. The molecule has 2 amide bonds. The van der Waals surface area contributed by atoms with Gasteiger partial charge in [0.2, 0.25) is 10.0 Å². The lowest BCUT2D eigenvalue weighted by molar-refractivity contribution is 0.252. The van der Waals surface area contributed by atoms with E-state index in [2.05, 4.69) is 10.6 Å². The van der Waals surface area contributed by atoms with Crippen LogP contribution in [0.25, 0.3) is 0 Å². The number of rotatable bonds is 4. The average molecular weight is 279 g/mol. The Morgan fingerprint density at radius 2 is 2.00 bits per heavy atom. The van der Waals surface area contributed by atoms with Crippen LogP contribution in [0.5, 0.6) is 0 Å². The van der Waals surface area contributed by atoms with Gasteiger partial charge < -0.3 is 10.6 Å². The van der Waals surface area contributed by atoms with E-state index in [9.17, 15) is 22.0 Å². The Morgan fingerprint density at radius 1 is 1.33 bits per heavy atom. The number of halogens is 2. The van der Waals surface area contributed by atoms with E-state index in [0.29, 0.717) is 6.07 Å². The molecule has 0 saturated carbocycles. The number of amides is 2. The number of nitrogens with one attached hydrogen (secondary N) is 2. The highest BCUT2D eigenvalue weighted by Gasteiger charge is 2.08. The minimum Gasteiger partial charge on any atom is -0.337 e. The van der Waals surface area contributed by atoms with E-state index >= 15 is 0 Å². The van der Waals surface area contributed by atoms with Crippen molar-refractivity contribution in [3.05, 3.63) is 29.8 Å². The Bertz CT molecular complexity index is 548. The van der Waals surface area contributed by atoms with Crippen molar-refractivity contribution in [2.45, 2.75) is 0 Å². The first-order chi connectivity index (χ1) is 8.28. The highest BCUT2D eigenvalue weighted by Crippen LogP contribution is 2.14. The molecule has 0 aliphatic rings. The van der Waals surface area contributed by atoms with Crippen LogP contribution in [0, 0.1) is 11.6 Å². The molecule has 0 aromatic heterocycles. The number of anilines is 1. The molecule has 0 spiro atoms. The zero-order valence-electron chi connectivity index (χ0n) is 9.11. The molecular formula is C9H11F2N3O3S. The van der Waals surface area contributed by atoms with E-state index in [-0.39, 0.29) is 12.2 Å². The topological polar surface area (TPSA) is 101 Å². The van der Waals surface area contributed by atoms with Gasteiger partial charge in [0.15, 0.2) is 0 Å². The predicted octanol–water partition coefficient (Wildman–Crippen LogP) is 0.375. The number of benzene rings is 1. The van der Waals surface area contributed by atoms with Crippen LogP contribution in [0.15, 0.2) is 18.2 Å². The molecule has 0 saturated heterocycles. The van der Waals surface area contributed by atoms with Crippen molar-refractivity contribution in [2.75, 3.05) is 17.6 Å². The SMILES string of the molecule is NS(=O)(=O)CCNC(=O)Nc1ccc(F)cc1F. The largest absolute Gasteiger partial charge is 0.337 e. The smallest absolute Gasteiger partial charge is 0.319 e. The molecule has 100 valence electrons. The van der Waals surface area contributed by atoms with Gasteiger partial charge in [-0.05, 0) is 12.1 Å². The number of carbonyl (C=O) groups is 1. The van der Waals surface area contributed by atoms with Crippen LogP contribution in [0.3, 0.4) is 0 Å². The molecule has 0 atom stereocenters. The van der Waals surface area contributed by atoms with Crippen molar-refractivity contribution in [3.8, 4) is 0 Å². The van der Waals surface area contributed by atoms with Gasteiger partial charge in [0.1, 0.15) is 11.6 Å². The molecule has 6 nitrogen and oxygen atoms in total. The third kappa shape index (κ3) is 5.06. The first-order valence-corrected chi connectivity index (χ1v) is 6.50. The number of hydrogen-bond acceptors (Lipinski definition) is 3. The van der Waals surface area contributed by atoms with Crippen LogP contribution in [-0.4, -0.2) is 26.7 Å². The quantitative estimate of drug-likeness (QED) is 0.742. The zero-order valence-corrected chi connectivity index (χ0v) is 9.93. The molecule has 0 aliphatic carbocycles. The van der Waals surface area contributed by atoms with Crippen LogP contribution in [-0.2, 0) is 10.0 Å². The third-order valence-corrected chi connectivity index (χ3v) is 2.62. The van der Waals surface area contributed by atoms with Crippen LogP contribution < -0.4 is 15.8 Å². The molecular weight excluding hydrogens is 268 g/mol. The summed E-state index contributed by atoms with van der Waals surface area (Å²) in [4.78, 5) is 11.2. The lowest BCUT2D eigenvalue weighted by Gasteiger charge is -2.07. The standard InChI is InChI=1S/C9H11F2N3O3S/c10-6-1-2-8(7(11)5-6)14-9(15)13-3-4-18(12,16)17/h1-2,5H,3-4H2,(H2,12,16,17)(H2,13,14,15). The van der Waals surface area contributed by atoms with Crippen molar-refractivity contribution in [3.63, 3.8) is 0 Å². The van der Waals surface area contributed by atoms with Gasteiger partial charge in [-0.15, -0.1) is 0 Å². The maximum Gasteiger partial charge on any atom is 0.319 e. The molecule has 4 N–H and O–H groups in total. The second kappa shape index (κ2) is 5.74. The Kier molecular flexibility index (Phi) is 4.56. The van der Waals surface area contributed by atoms with Gasteiger partial charge >= 0.3 is 6.03 Å². The molecule has 9 heteroatoms. The summed E-state index contributed by atoms with van der Waals surface area (Å²) in [6.07, 6.45) is 0. The first kappa shape index (κ1) is 14.3. The maximum atomic E-state index is 13.1. The highest BCUT2D eigenvalue weighted by molar-refractivity contribution is 7.89. The Labute approximate surface area is 102 Å². The van der Waals surface area contributed by atoms with E-state index in [1.165, 1.54) is 0 Å². The summed E-state index contributed by atoms with van der Waals surface area (Å²) in [5.41, 5.74) is -0.218. The van der Waals surface area contributed by atoms with Crippen LogP contribution in [0.2, 0.25) is 0 Å². The molecule has 0 aliphatic heterocycles. The minimum atomic E-state index is -3.67. The monoisotopic (exact) mass is 279 g/mol. The Morgan fingerprint density at radius 3 is 2.56 bits per heavy atom. The van der Waals surface area contributed by atoms with Crippen molar-refractivity contribution < 1.29 is 22.0 Å². The fourth-order valence-corrected chi connectivity index (χ4v) is 1.45. The molecule has 1 aromatic rings. The second-order valence-electron chi connectivity index (χ2n) is 3.37. The lowest BCUT2D eigenvalue weighted by Crippen LogP contribution is -2.34. The van der Waals surface area contributed by atoms with Gasteiger partial charge in [0.25, 0.3) is 0 Å². The van der Waals surface area contributed by atoms with Gasteiger partial charge in [-0.25, -0.2) is 27.1 Å². The zero-order chi connectivity index (χ0) is 13.8. The van der Waals surface area contributed by atoms with Crippen molar-refractivity contribution >= 4 is 21.7 Å². The Balaban J connectivity index is 2.50. The molecule has 0 heterocycles. The average Bonchev–Trinajstić information content (AvgIpc) is 2.20. The fraction of sp³-hybridized carbons (Fsp3) is 0.222. The molecule has 1 rings (SSSR count). The van der Waals surface area contributed by atoms with Gasteiger partial charge in [-0.3, -0.25) is 0 Å². The van der Waals surface area contributed by atoms with Gasteiger partial charge in [0, 0.05) is 12.6 Å². The number of carbonyl (C=O) groups excluding carboxylic acids is 1. The van der Waals surface area contributed by atoms with Crippen LogP contribution >= 0.6 is 0 Å². The van der Waals surface area contributed by atoms with E-state index in [0.717, 1.165) is 12.1 Å². The molecule has 18 heavy (non-hydrogen) atoms. The maximum absolute atomic E-state index is 13.1. The van der Waals surface area contributed by atoms with E-state index in [1.54, 1.807) is 0 Å². The van der Waals surface area contributed by atoms with Crippen molar-refractivity contribution in [2.24, 2.45) is 5.14 Å². The second-order valence-corrected chi connectivity index (χ2v) is 5.11. The van der Waals surface area contributed by atoms with E-state index in [4.69, 9.17) is 5.14 Å². The van der Waals surface area contributed by atoms with Gasteiger partial charge in [0.05, 0.1) is 11.4 Å². The van der Waals surface area contributed by atoms with Crippen molar-refractivity contribution in [1.29, 1.82) is 0 Å². The number of nitrogens with two attached hydrogens (primary N) is 1. The highest BCUT2D eigenvalue weighted by atomic mass is 32.2. The summed E-state index contributed by atoms with van der Waals surface area (Å²) in [6, 6.07) is 1.82. The number of urea groups is 1.